The van der Waals surface area contributed by atoms with Crippen LogP contribution in [0, 0.1) is 0 Å². The third-order valence-electron chi connectivity index (χ3n) is 3.96. The standard InChI is InChI=1S/C18H28N2O3/c1-13(19-15-7-8-15)14-6-9-16(18(21)20(2)3)17(12-14)23-11-5-10-22-4/h6,9,12-13,15,19H,5,7-8,10-11H2,1-4H3. The fourth-order valence-electron chi connectivity index (χ4n) is 2.43. The Kier molecular flexibility index (Phi) is 6.42. The molecular weight excluding hydrogens is 292 g/mol. The molecule has 5 nitrogen and oxygen atoms in total. The highest BCUT2D eigenvalue weighted by molar-refractivity contribution is 5.96. The van der Waals surface area contributed by atoms with Crippen molar-refractivity contribution in [3.05, 3.63) is 29.3 Å². The molecule has 128 valence electrons. The Balaban J connectivity index is 2.14. The number of rotatable bonds is 9. The van der Waals surface area contributed by atoms with E-state index in [9.17, 15) is 4.79 Å². The molecule has 1 amide bonds. The minimum Gasteiger partial charge on any atom is -0.493 e. The van der Waals surface area contributed by atoms with E-state index in [-0.39, 0.29) is 11.9 Å². The average Bonchev–Trinajstić information content (AvgIpc) is 3.34. The lowest BCUT2D eigenvalue weighted by Gasteiger charge is -2.19. The molecular formula is C18H28N2O3. The Morgan fingerprint density at radius 2 is 2.09 bits per heavy atom. The number of hydrogen-bond acceptors (Lipinski definition) is 4. The molecule has 0 spiro atoms. The Labute approximate surface area is 139 Å². The number of benzene rings is 1. The summed E-state index contributed by atoms with van der Waals surface area (Å²) in [5.41, 5.74) is 1.75. The zero-order chi connectivity index (χ0) is 16.8. The van der Waals surface area contributed by atoms with Crippen LogP contribution < -0.4 is 10.1 Å². The largest absolute Gasteiger partial charge is 0.493 e. The van der Waals surface area contributed by atoms with Crippen molar-refractivity contribution in [2.24, 2.45) is 0 Å². The molecule has 1 aromatic carbocycles. The van der Waals surface area contributed by atoms with E-state index in [0.29, 0.717) is 30.6 Å². The maximum Gasteiger partial charge on any atom is 0.257 e. The van der Waals surface area contributed by atoms with Gasteiger partial charge in [0.15, 0.2) is 0 Å². The molecule has 0 aliphatic heterocycles. The van der Waals surface area contributed by atoms with Crippen molar-refractivity contribution in [3.63, 3.8) is 0 Å². The van der Waals surface area contributed by atoms with Gasteiger partial charge < -0.3 is 19.7 Å². The fourth-order valence-corrected chi connectivity index (χ4v) is 2.43. The Bertz CT molecular complexity index is 527. The van der Waals surface area contributed by atoms with Crippen LogP contribution in [0.2, 0.25) is 0 Å². The minimum atomic E-state index is -0.0407. The van der Waals surface area contributed by atoms with Crippen LogP contribution in [0.1, 0.15) is 48.1 Å². The van der Waals surface area contributed by atoms with Gasteiger partial charge in [-0.2, -0.15) is 0 Å². The Morgan fingerprint density at radius 3 is 2.70 bits per heavy atom. The number of methoxy groups -OCH3 is 1. The third-order valence-corrected chi connectivity index (χ3v) is 3.96. The van der Waals surface area contributed by atoms with Crippen LogP contribution in [-0.2, 0) is 4.74 Å². The summed E-state index contributed by atoms with van der Waals surface area (Å²) >= 11 is 0. The fraction of sp³-hybridized carbons (Fsp3) is 0.611. The minimum absolute atomic E-state index is 0.0407. The van der Waals surface area contributed by atoms with Crippen molar-refractivity contribution in [1.29, 1.82) is 0 Å². The number of nitrogens with zero attached hydrogens (tertiary/aromatic N) is 1. The summed E-state index contributed by atoms with van der Waals surface area (Å²) in [6.45, 7) is 3.33. The van der Waals surface area contributed by atoms with Crippen LogP contribution in [0.15, 0.2) is 18.2 Å². The predicted octanol–water partition coefficient (Wildman–Crippen LogP) is 2.62. The first-order chi connectivity index (χ1) is 11.0. The normalized spacial score (nSPS) is 15.3. The van der Waals surface area contributed by atoms with E-state index in [1.54, 1.807) is 26.1 Å². The van der Waals surface area contributed by atoms with E-state index in [0.717, 1.165) is 12.0 Å². The number of hydrogen-bond donors (Lipinski definition) is 1. The molecule has 1 N–H and O–H groups in total. The number of carbonyl (C=O) groups is 1. The topological polar surface area (TPSA) is 50.8 Å². The average molecular weight is 320 g/mol. The van der Waals surface area contributed by atoms with Gasteiger partial charge in [0, 0.05) is 46.3 Å². The van der Waals surface area contributed by atoms with Crippen molar-refractivity contribution in [2.75, 3.05) is 34.4 Å². The van der Waals surface area contributed by atoms with Crippen LogP contribution in [0.3, 0.4) is 0 Å². The lowest BCUT2D eigenvalue weighted by molar-refractivity contribution is 0.0822. The molecule has 0 heterocycles. The smallest absolute Gasteiger partial charge is 0.257 e. The second-order valence-corrected chi connectivity index (χ2v) is 6.31. The molecule has 2 rings (SSSR count). The highest BCUT2D eigenvalue weighted by Gasteiger charge is 2.24. The van der Waals surface area contributed by atoms with Crippen molar-refractivity contribution >= 4 is 5.91 Å². The van der Waals surface area contributed by atoms with Gasteiger partial charge in [0.2, 0.25) is 0 Å². The Hall–Kier alpha value is -1.59. The van der Waals surface area contributed by atoms with Crippen LogP contribution in [0.25, 0.3) is 0 Å². The summed E-state index contributed by atoms with van der Waals surface area (Å²) in [6.07, 6.45) is 3.30. The quantitative estimate of drug-likeness (QED) is 0.711. The second kappa shape index (κ2) is 8.31. The van der Waals surface area contributed by atoms with E-state index >= 15 is 0 Å². The molecule has 0 radical (unpaired) electrons. The van der Waals surface area contributed by atoms with E-state index in [4.69, 9.17) is 9.47 Å². The molecule has 1 aliphatic carbocycles. The van der Waals surface area contributed by atoms with Gasteiger partial charge in [0.05, 0.1) is 12.2 Å². The van der Waals surface area contributed by atoms with Crippen molar-refractivity contribution in [2.45, 2.75) is 38.3 Å². The number of ether oxygens (including phenoxy) is 2. The summed E-state index contributed by atoms with van der Waals surface area (Å²) in [4.78, 5) is 13.9. The maximum atomic E-state index is 12.3. The predicted molar refractivity (Wildman–Crippen MR) is 91.0 cm³/mol. The van der Waals surface area contributed by atoms with Crippen molar-refractivity contribution in [3.8, 4) is 5.75 Å². The highest BCUT2D eigenvalue weighted by Crippen LogP contribution is 2.28. The highest BCUT2D eigenvalue weighted by atomic mass is 16.5. The summed E-state index contributed by atoms with van der Waals surface area (Å²) in [6, 6.07) is 6.77. The van der Waals surface area contributed by atoms with Gasteiger partial charge in [0.1, 0.15) is 5.75 Å². The zero-order valence-corrected chi connectivity index (χ0v) is 14.6. The number of nitrogens with one attached hydrogen (secondary N) is 1. The van der Waals surface area contributed by atoms with Gasteiger partial charge >= 0.3 is 0 Å². The molecule has 1 unspecified atom stereocenters. The number of amides is 1. The van der Waals surface area contributed by atoms with Crippen LogP contribution >= 0.6 is 0 Å². The third kappa shape index (κ3) is 5.22. The zero-order valence-electron chi connectivity index (χ0n) is 14.6. The van der Waals surface area contributed by atoms with Crippen LogP contribution in [0.4, 0.5) is 0 Å². The summed E-state index contributed by atoms with van der Waals surface area (Å²) in [5.74, 6) is 0.614. The van der Waals surface area contributed by atoms with E-state index in [1.807, 2.05) is 18.2 Å². The molecule has 1 fully saturated rings. The Morgan fingerprint density at radius 1 is 1.35 bits per heavy atom. The molecule has 1 saturated carbocycles. The first-order valence-electron chi connectivity index (χ1n) is 8.26. The molecule has 0 saturated heterocycles. The lowest BCUT2D eigenvalue weighted by atomic mass is 10.0. The van der Waals surface area contributed by atoms with E-state index in [1.165, 1.54) is 12.8 Å². The summed E-state index contributed by atoms with van der Waals surface area (Å²) in [5, 5.41) is 3.57. The van der Waals surface area contributed by atoms with Gasteiger partial charge in [-0.3, -0.25) is 4.79 Å². The molecule has 0 aromatic heterocycles. The SMILES string of the molecule is COCCCOc1cc(C(C)NC2CC2)ccc1C(=O)N(C)C. The van der Waals surface area contributed by atoms with E-state index < -0.39 is 0 Å². The van der Waals surface area contributed by atoms with Gasteiger partial charge in [0.25, 0.3) is 5.91 Å². The van der Waals surface area contributed by atoms with E-state index in [2.05, 4.69) is 12.2 Å². The van der Waals surface area contributed by atoms with Gasteiger partial charge in [-0.05, 0) is 37.5 Å². The van der Waals surface area contributed by atoms with Crippen LogP contribution in [0.5, 0.6) is 5.75 Å². The molecule has 1 aliphatic rings. The van der Waals surface area contributed by atoms with Crippen LogP contribution in [-0.4, -0.2) is 51.3 Å². The van der Waals surface area contributed by atoms with Crippen molar-refractivity contribution < 1.29 is 14.3 Å². The molecule has 0 bridgehead atoms. The van der Waals surface area contributed by atoms with Gasteiger partial charge in [-0.1, -0.05) is 6.07 Å². The summed E-state index contributed by atoms with van der Waals surface area (Å²) in [7, 11) is 5.18. The molecule has 1 aromatic rings. The van der Waals surface area contributed by atoms with Gasteiger partial charge in [-0.15, -0.1) is 0 Å². The monoisotopic (exact) mass is 320 g/mol. The lowest BCUT2D eigenvalue weighted by Crippen LogP contribution is -2.24. The summed E-state index contributed by atoms with van der Waals surface area (Å²) < 4.78 is 10.9. The molecule has 1 atom stereocenters. The second-order valence-electron chi connectivity index (χ2n) is 6.31. The van der Waals surface area contributed by atoms with Gasteiger partial charge in [-0.25, -0.2) is 0 Å². The molecule has 23 heavy (non-hydrogen) atoms. The maximum absolute atomic E-state index is 12.3. The molecule has 5 heteroatoms. The number of carbonyl (C=O) groups excluding carboxylic acids is 1. The first-order valence-corrected chi connectivity index (χ1v) is 8.26. The first kappa shape index (κ1) is 17.8. The van der Waals surface area contributed by atoms with Crippen molar-refractivity contribution in [1.82, 2.24) is 10.2 Å².